The monoisotopic (exact) mass is 765 g/mol. The van der Waals surface area contributed by atoms with Crippen LogP contribution in [0.25, 0.3) is 132 Å². The predicted molar refractivity (Wildman–Crippen MR) is 246 cm³/mol. The molecule has 0 saturated carbocycles. The molecule has 13 rings (SSSR count). The van der Waals surface area contributed by atoms with E-state index in [1.165, 1.54) is 16.2 Å². The number of rotatable bonds is 4. The van der Waals surface area contributed by atoms with Gasteiger partial charge in [0.25, 0.3) is 0 Å². The molecular formula is C55H31N3O2. The average Bonchev–Trinajstić information content (AvgIpc) is 3.88. The maximum atomic E-state index is 6.31. The van der Waals surface area contributed by atoms with Crippen molar-refractivity contribution in [3.8, 4) is 45.3 Å². The Morgan fingerprint density at radius 3 is 1.65 bits per heavy atom. The van der Waals surface area contributed by atoms with E-state index in [1.54, 1.807) is 0 Å². The first-order valence-corrected chi connectivity index (χ1v) is 20.2. The number of fused-ring (bicyclic) bond motifs is 11. The number of nitrogens with zero attached hydrogens (tertiary/aromatic N) is 3. The SMILES string of the molecule is c1ccc2c(c1)ccc1ccc(-c3nc(-c4ccc5cc6c(cc5c4)oc4ccccc46)nc(-c4cccc5c(-c6cccc7oc8ccccc8c67)cccc45)n3)cc12. The van der Waals surface area contributed by atoms with Gasteiger partial charge in [-0.05, 0) is 96.7 Å². The van der Waals surface area contributed by atoms with Crippen LogP contribution in [-0.4, -0.2) is 15.0 Å². The lowest BCUT2D eigenvalue weighted by molar-refractivity contribution is 0.669. The van der Waals surface area contributed by atoms with Gasteiger partial charge in [-0.2, -0.15) is 0 Å². The van der Waals surface area contributed by atoms with Gasteiger partial charge in [-0.1, -0.05) is 146 Å². The molecule has 0 N–H and O–H groups in total. The molecule has 13 aromatic rings. The van der Waals surface area contributed by atoms with E-state index < -0.39 is 0 Å². The van der Waals surface area contributed by atoms with E-state index in [1.807, 2.05) is 30.3 Å². The van der Waals surface area contributed by atoms with Gasteiger partial charge in [-0.15, -0.1) is 0 Å². The normalized spacial score (nSPS) is 12.0. The van der Waals surface area contributed by atoms with Crippen molar-refractivity contribution >= 4 is 87.0 Å². The van der Waals surface area contributed by atoms with Gasteiger partial charge in [0, 0.05) is 38.2 Å². The number of aromatic nitrogens is 3. The zero-order valence-corrected chi connectivity index (χ0v) is 32.1. The molecule has 0 aliphatic rings. The fraction of sp³-hybridized carbons (Fsp3) is 0. The minimum Gasteiger partial charge on any atom is -0.456 e. The smallest absolute Gasteiger partial charge is 0.164 e. The van der Waals surface area contributed by atoms with E-state index in [0.29, 0.717) is 17.5 Å². The highest BCUT2D eigenvalue weighted by molar-refractivity contribution is 6.16. The van der Waals surface area contributed by atoms with Crippen molar-refractivity contribution < 1.29 is 8.83 Å². The van der Waals surface area contributed by atoms with Crippen molar-refractivity contribution in [2.45, 2.75) is 0 Å². The second kappa shape index (κ2) is 12.7. The lowest BCUT2D eigenvalue weighted by Gasteiger charge is -2.13. The lowest BCUT2D eigenvalue weighted by Crippen LogP contribution is -2.01. The first-order valence-electron chi connectivity index (χ1n) is 20.2. The van der Waals surface area contributed by atoms with Crippen LogP contribution in [0.2, 0.25) is 0 Å². The summed E-state index contributed by atoms with van der Waals surface area (Å²) in [6.45, 7) is 0. The Labute approximate surface area is 342 Å². The molecule has 0 bridgehead atoms. The molecule has 0 aliphatic heterocycles. The number of benzene rings is 10. The first-order chi connectivity index (χ1) is 29.7. The van der Waals surface area contributed by atoms with Gasteiger partial charge in [-0.25, -0.2) is 15.0 Å². The third-order valence-electron chi connectivity index (χ3n) is 12.1. The van der Waals surface area contributed by atoms with E-state index in [4.69, 9.17) is 23.8 Å². The molecule has 0 atom stereocenters. The molecule has 278 valence electrons. The Kier molecular flexibility index (Phi) is 6.95. The van der Waals surface area contributed by atoms with Crippen LogP contribution in [0.3, 0.4) is 0 Å². The second-order valence-electron chi connectivity index (χ2n) is 15.5. The number of hydrogen-bond acceptors (Lipinski definition) is 5. The number of para-hydroxylation sites is 2. The van der Waals surface area contributed by atoms with Gasteiger partial charge in [0.15, 0.2) is 17.5 Å². The fourth-order valence-corrected chi connectivity index (χ4v) is 9.24. The largest absolute Gasteiger partial charge is 0.456 e. The summed E-state index contributed by atoms with van der Waals surface area (Å²) in [5.41, 5.74) is 8.47. The standard InChI is InChI=1S/C55H31N3O2/c1-2-11-38-32(10-1)22-23-33-24-26-36(30-46(33)38)54-56-53(35-27-25-34-29-47-42-12-3-5-19-48(42)60-51(47)31-37(34)28-35)57-55(58-54)44-18-8-14-39-40(15-7-16-41(39)44)43-17-9-21-50-52(43)45-13-4-6-20-49(45)59-50/h1-31H. The maximum Gasteiger partial charge on any atom is 0.164 e. The van der Waals surface area contributed by atoms with Crippen molar-refractivity contribution in [1.82, 2.24) is 15.0 Å². The topological polar surface area (TPSA) is 65.0 Å². The lowest BCUT2D eigenvalue weighted by atomic mass is 9.93. The Morgan fingerprint density at radius 1 is 0.267 bits per heavy atom. The summed E-state index contributed by atoms with van der Waals surface area (Å²) in [6, 6.07) is 65.8. The highest BCUT2D eigenvalue weighted by atomic mass is 16.3. The molecule has 60 heavy (non-hydrogen) atoms. The predicted octanol–water partition coefficient (Wildman–Crippen LogP) is 15.0. The third kappa shape index (κ3) is 5.03. The molecule has 10 aromatic carbocycles. The Bertz CT molecular complexity index is 3910. The fourth-order valence-electron chi connectivity index (χ4n) is 9.24. The molecular weight excluding hydrogens is 735 g/mol. The van der Waals surface area contributed by atoms with Crippen LogP contribution in [0.15, 0.2) is 197 Å². The summed E-state index contributed by atoms with van der Waals surface area (Å²) in [4.78, 5) is 15.8. The van der Waals surface area contributed by atoms with Crippen LogP contribution in [0, 0.1) is 0 Å². The van der Waals surface area contributed by atoms with Gasteiger partial charge in [0.1, 0.15) is 22.3 Å². The van der Waals surface area contributed by atoms with Crippen molar-refractivity contribution in [3.63, 3.8) is 0 Å². The van der Waals surface area contributed by atoms with Crippen LogP contribution in [0.4, 0.5) is 0 Å². The molecule has 5 nitrogen and oxygen atoms in total. The molecule has 3 heterocycles. The van der Waals surface area contributed by atoms with Crippen LogP contribution in [-0.2, 0) is 0 Å². The van der Waals surface area contributed by atoms with Crippen molar-refractivity contribution in [3.05, 3.63) is 188 Å². The Balaban J connectivity index is 1.03. The Morgan fingerprint density at radius 2 is 0.817 bits per heavy atom. The molecule has 0 radical (unpaired) electrons. The average molecular weight is 766 g/mol. The zero-order chi connectivity index (χ0) is 39.3. The molecule has 0 spiro atoms. The van der Waals surface area contributed by atoms with E-state index >= 15 is 0 Å². The quantitative estimate of drug-likeness (QED) is 0.167. The van der Waals surface area contributed by atoms with Crippen molar-refractivity contribution in [2.24, 2.45) is 0 Å². The molecule has 0 aliphatic carbocycles. The molecule has 0 fully saturated rings. The van der Waals surface area contributed by atoms with Gasteiger partial charge < -0.3 is 8.83 Å². The minimum absolute atomic E-state index is 0.599. The summed E-state index contributed by atoms with van der Waals surface area (Å²) < 4.78 is 12.6. The molecule has 0 amide bonds. The Hall–Kier alpha value is -8.15. The summed E-state index contributed by atoms with van der Waals surface area (Å²) in [5.74, 6) is 1.82. The van der Waals surface area contributed by atoms with Gasteiger partial charge in [-0.3, -0.25) is 0 Å². The number of hydrogen-bond donors (Lipinski definition) is 0. The number of furan rings is 2. The minimum atomic E-state index is 0.599. The maximum absolute atomic E-state index is 6.31. The highest BCUT2D eigenvalue weighted by Gasteiger charge is 2.19. The van der Waals surface area contributed by atoms with E-state index in [9.17, 15) is 0 Å². The molecule has 3 aromatic heterocycles. The van der Waals surface area contributed by atoms with Crippen molar-refractivity contribution in [2.75, 3.05) is 0 Å². The third-order valence-corrected chi connectivity index (χ3v) is 12.1. The summed E-state index contributed by atoms with van der Waals surface area (Å²) >= 11 is 0. The second-order valence-corrected chi connectivity index (χ2v) is 15.5. The summed E-state index contributed by atoms with van der Waals surface area (Å²) in [5, 5.41) is 13.5. The summed E-state index contributed by atoms with van der Waals surface area (Å²) in [7, 11) is 0. The van der Waals surface area contributed by atoms with Crippen LogP contribution < -0.4 is 0 Å². The first kappa shape index (κ1) is 32.9. The zero-order valence-electron chi connectivity index (χ0n) is 32.1. The van der Waals surface area contributed by atoms with Gasteiger partial charge in [0.05, 0.1) is 0 Å². The van der Waals surface area contributed by atoms with Gasteiger partial charge >= 0.3 is 0 Å². The van der Waals surface area contributed by atoms with Crippen LogP contribution in [0.5, 0.6) is 0 Å². The van der Waals surface area contributed by atoms with E-state index in [0.717, 1.165) is 98.6 Å². The highest BCUT2D eigenvalue weighted by Crippen LogP contribution is 2.41. The van der Waals surface area contributed by atoms with Crippen molar-refractivity contribution in [1.29, 1.82) is 0 Å². The molecule has 0 saturated heterocycles. The van der Waals surface area contributed by atoms with Crippen LogP contribution in [0.1, 0.15) is 0 Å². The van der Waals surface area contributed by atoms with Crippen LogP contribution >= 0.6 is 0 Å². The summed E-state index contributed by atoms with van der Waals surface area (Å²) in [6.07, 6.45) is 0. The van der Waals surface area contributed by atoms with E-state index in [2.05, 4.69) is 158 Å². The van der Waals surface area contributed by atoms with Gasteiger partial charge in [0.2, 0.25) is 0 Å². The molecule has 0 unspecified atom stereocenters. The molecule has 5 heteroatoms. The van der Waals surface area contributed by atoms with E-state index in [-0.39, 0.29) is 0 Å².